The van der Waals surface area contributed by atoms with E-state index in [0.717, 1.165) is 0 Å². The van der Waals surface area contributed by atoms with Crippen LogP contribution < -0.4 is 16.4 Å². The summed E-state index contributed by atoms with van der Waals surface area (Å²) in [5, 5.41) is 19.4. The lowest BCUT2D eigenvalue weighted by atomic mass is 10.0. The quantitative estimate of drug-likeness (QED) is 0.390. The number of halogens is 2. The van der Waals surface area contributed by atoms with Gasteiger partial charge < -0.3 is 16.4 Å². The molecule has 1 saturated heterocycles. The number of fused-ring (bicyclic) bond motifs is 1. The van der Waals surface area contributed by atoms with E-state index in [-0.39, 0.29) is 41.1 Å². The molecule has 0 bridgehead atoms. The molecule has 4 N–H and O–H groups in total. The Bertz CT molecular complexity index is 1490. The topological polar surface area (TPSA) is 134 Å². The number of hydrogen-bond donors (Lipinski definition) is 3. The highest BCUT2D eigenvalue weighted by Gasteiger charge is 2.24. The fourth-order valence-electron chi connectivity index (χ4n) is 4.13. The van der Waals surface area contributed by atoms with E-state index in [2.05, 4.69) is 25.7 Å². The summed E-state index contributed by atoms with van der Waals surface area (Å²) in [5.41, 5.74) is 7.65. The van der Waals surface area contributed by atoms with Crippen LogP contribution in [-0.4, -0.2) is 38.1 Å². The third kappa shape index (κ3) is 4.27. The van der Waals surface area contributed by atoms with Gasteiger partial charge in [0.25, 0.3) is 0 Å². The van der Waals surface area contributed by atoms with Crippen LogP contribution in [-0.2, 0) is 17.8 Å². The van der Waals surface area contributed by atoms with Crippen molar-refractivity contribution in [1.29, 1.82) is 5.26 Å². The minimum Gasteiger partial charge on any atom is -0.368 e. The maximum atomic E-state index is 14.8. The van der Waals surface area contributed by atoms with E-state index in [0.29, 0.717) is 42.1 Å². The van der Waals surface area contributed by atoms with Gasteiger partial charge in [-0.15, -0.1) is 5.10 Å². The summed E-state index contributed by atoms with van der Waals surface area (Å²) >= 11 is 0. The average Bonchev–Trinajstić information content (AvgIpc) is 3.45. The average molecular weight is 474 g/mol. The molecule has 0 radical (unpaired) electrons. The molecule has 1 unspecified atom stereocenters. The van der Waals surface area contributed by atoms with Crippen molar-refractivity contribution in [3.8, 4) is 17.3 Å². The minimum absolute atomic E-state index is 0.0271. The van der Waals surface area contributed by atoms with Gasteiger partial charge in [-0.2, -0.15) is 9.78 Å². The molecule has 1 amide bonds. The number of carbonyl (C=O) groups excluding carboxylic acids is 1. The molecule has 1 fully saturated rings. The van der Waals surface area contributed by atoms with E-state index in [1.165, 1.54) is 28.8 Å². The number of nitrogens with two attached hydrogens (primary N) is 1. The van der Waals surface area contributed by atoms with Crippen LogP contribution in [0.3, 0.4) is 0 Å². The van der Waals surface area contributed by atoms with Gasteiger partial charge in [-0.3, -0.25) is 4.79 Å². The first-order valence-electron chi connectivity index (χ1n) is 10.9. The minimum atomic E-state index is -0.703. The molecular weight excluding hydrogens is 454 g/mol. The number of nitrogens with one attached hydrogen (secondary N) is 2. The van der Waals surface area contributed by atoms with Gasteiger partial charge in [-0.25, -0.2) is 18.7 Å². The number of aromatic nitrogens is 4. The van der Waals surface area contributed by atoms with E-state index in [9.17, 15) is 13.6 Å². The molecule has 1 aliphatic rings. The zero-order valence-corrected chi connectivity index (χ0v) is 18.4. The molecule has 2 aromatic heterocycles. The van der Waals surface area contributed by atoms with Crippen LogP contribution in [0.5, 0.6) is 0 Å². The Morgan fingerprint density at radius 1 is 1.23 bits per heavy atom. The van der Waals surface area contributed by atoms with E-state index in [4.69, 9.17) is 11.0 Å². The standard InChI is InChI=1S/C24H20F2N8O/c25-17-6-2-4-14(12-30-18-7-8-29-23(18)35)16(17)9-20-32-21-10-19(31-24(28)34(21)33-20)15-5-1-3-13(11-27)22(15)26/h1-6,10,18,30H,7-9,12H2,(H2,28,31)(H,29,35). The summed E-state index contributed by atoms with van der Waals surface area (Å²) in [6.07, 6.45) is 0.749. The molecule has 9 nitrogen and oxygen atoms in total. The van der Waals surface area contributed by atoms with Crippen LogP contribution in [0.25, 0.3) is 16.9 Å². The summed E-state index contributed by atoms with van der Waals surface area (Å²) in [4.78, 5) is 20.5. The number of nitriles is 1. The number of anilines is 1. The Morgan fingerprint density at radius 2 is 2.06 bits per heavy atom. The van der Waals surface area contributed by atoms with E-state index >= 15 is 0 Å². The summed E-state index contributed by atoms with van der Waals surface area (Å²) in [6.45, 7) is 0.917. The van der Waals surface area contributed by atoms with E-state index in [1.54, 1.807) is 24.3 Å². The predicted octanol–water partition coefficient (Wildman–Crippen LogP) is 2.09. The molecular formula is C24H20F2N8O. The molecule has 11 heteroatoms. The zero-order valence-electron chi connectivity index (χ0n) is 18.4. The highest BCUT2D eigenvalue weighted by atomic mass is 19.1. The van der Waals surface area contributed by atoms with Crippen LogP contribution in [0.2, 0.25) is 0 Å². The monoisotopic (exact) mass is 474 g/mol. The molecule has 0 spiro atoms. The molecule has 1 aliphatic heterocycles. The molecule has 0 saturated carbocycles. The van der Waals surface area contributed by atoms with Crippen LogP contribution >= 0.6 is 0 Å². The molecule has 2 aromatic carbocycles. The van der Waals surface area contributed by atoms with Gasteiger partial charge in [0.1, 0.15) is 17.7 Å². The summed E-state index contributed by atoms with van der Waals surface area (Å²) in [5.74, 6) is -0.917. The number of nitrogens with zero attached hydrogens (tertiary/aromatic N) is 5. The molecule has 3 heterocycles. The first-order chi connectivity index (χ1) is 16.9. The Hall–Kier alpha value is -4.43. The second-order valence-corrected chi connectivity index (χ2v) is 8.14. The van der Waals surface area contributed by atoms with E-state index in [1.807, 2.05) is 0 Å². The van der Waals surface area contributed by atoms with E-state index < -0.39 is 11.6 Å². The van der Waals surface area contributed by atoms with Gasteiger partial charge in [-0.05, 0) is 35.7 Å². The Labute approximate surface area is 198 Å². The fourth-order valence-corrected chi connectivity index (χ4v) is 4.13. The SMILES string of the molecule is N#Cc1cccc(-c2cc3nc(Cc4c(F)cccc4CNC4CCNC4=O)nn3c(N)n2)c1F. The summed E-state index contributed by atoms with van der Waals surface area (Å²) < 4.78 is 30.7. The summed E-state index contributed by atoms with van der Waals surface area (Å²) in [6, 6.07) is 12.2. The molecule has 35 heavy (non-hydrogen) atoms. The number of rotatable bonds is 6. The van der Waals surface area contributed by atoms with Gasteiger partial charge in [0.15, 0.2) is 11.5 Å². The molecule has 176 valence electrons. The summed E-state index contributed by atoms with van der Waals surface area (Å²) in [7, 11) is 0. The second-order valence-electron chi connectivity index (χ2n) is 8.14. The normalized spacial score (nSPS) is 15.3. The van der Waals surface area contributed by atoms with Gasteiger partial charge in [0.05, 0.1) is 17.3 Å². The number of carbonyl (C=O) groups is 1. The Balaban J connectivity index is 1.45. The molecule has 1 atom stereocenters. The lowest BCUT2D eigenvalue weighted by molar-refractivity contribution is -0.120. The molecule has 4 aromatic rings. The zero-order chi connectivity index (χ0) is 24.5. The van der Waals surface area contributed by atoms with Crippen molar-refractivity contribution in [3.63, 3.8) is 0 Å². The number of benzene rings is 2. The lowest BCUT2D eigenvalue weighted by Gasteiger charge is -2.13. The Morgan fingerprint density at radius 3 is 2.83 bits per heavy atom. The lowest BCUT2D eigenvalue weighted by Crippen LogP contribution is -2.35. The van der Waals surface area contributed by atoms with Crippen molar-refractivity contribution in [2.24, 2.45) is 0 Å². The van der Waals surface area contributed by atoms with Crippen molar-refractivity contribution in [3.05, 3.63) is 76.6 Å². The smallest absolute Gasteiger partial charge is 0.237 e. The number of hydrogen-bond acceptors (Lipinski definition) is 7. The van der Waals surface area contributed by atoms with Gasteiger partial charge in [-0.1, -0.05) is 18.2 Å². The second kappa shape index (κ2) is 9.08. The van der Waals surface area contributed by atoms with Crippen molar-refractivity contribution in [1.82, 2.24) is 30.2 Å². The predicted molar refractivity (Wildman–Crippen MR) is 123 cm³/mol. The number of amides is 1. The van der Waals surface area contributed by atoms with Gasteiger partial charge in [0, 0.05) is 31.1 Å². The highest BCUT2D eigenvalue weighted by molar-refractivity contribution is 5.83. The third-order valence-corrected chi connectivity index (χ3v) is 5.93. The van der Waals surface area contributed by atoms with Gasteiger partial charge in [0.2, 0.25) is 11.9 Å². The van der Waals surface area contributed by atoms with Crippen molar-refractivity contribution < 1.29 is 13.6 Å². The van der Waals surface area contributed by atoms with Crippen LogP contribution in [0.1, 0.15) is 28.9 Å². The maximum absolute atomic E-state index is 14.8. The van der Waals surface area contributed by atoms with Gasteiger partial charge >= 0.3 is 0 Å². The van der Waals surface area contributed by atoms with Crippen molar-refractivity contribution in [2.75, 3.05) is 12.3 Å². The van der Waals surface area contributed by atoms with Crippen LogP contribution in [0.15, 0.2) is 42.5 Å². The largest absolute Gasteiger partial charge is 0.368 e. The number of nitrogen functional groups attached to an aromatic ring is 1. The Kier molecular flexibility index (Phi) is 5.80. The molecule has 0 aliphatic carbocycles. The first-order valence-corrected chi connectivity index (χ1v) is 10.9. The highest BCUT2D eigenvalue weighted by Crippen LogP contribution is 2.26. The van der Waals surface area contributed by atoms with Crippen molar-refractivity contribution >= 4 is 17.5 Å². The maximum Gasteiger partial charge on any atom is 0.237 e. The molecule has 5 rings (SSSR count). The third-order valence-electron chi connectivity index (χ3n) is 5.93. The van der Waals surface area contributed by atoms with Crippen molar-refractivity contribution in [2.45, 2.75) is 25.4 Å². The fraction of sp³-hybridized carbons (Fsp3) is 0.208. The first kappa shape index (κ1) is 22.4. The van der Waals surface area contributed by atoms with Crippen LogP contribution in [0, 0.1) is 23.0 Å². The van der Waals surface area contributed by atoms with Crippen LogP contribution in [0.4, 0.5) is 14.7 Å².